The van der Waals surface area contributed by atoms with Crippen LogP contribution in [0.25, 0.3) is 16.7 Å². The molecular weight excluding hydrogens is 522 g/mol. The molecule has 5 atom stereocenters. The van der Waals surface area contributed by atoms with Crippen LogP contribution < -0.4 is 28.2 Å². The number of nitrogens with two attached hydrogens (primary N) is 3. The normalized spacial score (nSPS) is 24.5. The number of nitrogens with one attached hydrogen (secondary N) is 3. The molecule has 0 spiro atoms. The molecule has 4 heterocycles. The fourth-order valence-corrected chi connectivity index (χ4v) is 6.82. The average molecular weight is 566 g/mol. The Labute approximate surface area is 240 Å². The van der Waals surface area contributed by atoms with Crippen LogP contribution in [-0.4, -0.2) is 61.6 Å². The highest BCUT2D eigenvalue weighted by Gasteiger charge is 2.32. The van der Waals surface area contributed by atoms with Crippen molar-refractivity contribution >= 4 is 28.0 Å². The van der Waals surface area contributed by atoms with Crippen LogP contribution in [0.2, 0.25) is 0 Å². The highest BCUT2D eigenvalue weighted by atomic mass is 32.2. The molecule has 11 heteroatoms. The number of rotatable bonds is 10. The maximum atomic E-state index is 13.0. The number of hydrogen-bond acceptors (Lipinski definition) is 8. The first-order chi connectivity index (χ1) is 19.3. The van der Waals surface area contributed by atoms with Gasteiger partial charge >= 0.3 is 5.69 Å². The minimum absolute atomic E-state index is 0.131. The minimum atomic E-state index is -0.301. The zero-order valence-corrected chi connectivity index (χ0v) is 24.1. The first kappa shape index (κ1) is 28.8. The Morgan fingerprint density at radius 2 is 2.08 bits per heavy atom. The molecule has 0 amide bonds. The quantitative estimate of drug-likeness (QED) is 0.161. The summed E-state index contributed by atoms with van der Waals surface area (Å²) >= 11 is 1.40. The molecule has 3 aromatic rings. The second kappa shape index (κ2) is 12.9. The summed E-state index contributed by atoms with van der Waals surface area (Å²) in [7, 11) is 0. The molecule has 0 radical (unpaired) electrons. The zero-order chi connectivity index (χ0) is 28.2. The van der Waals surface area contributed by atoms with Crippen LogP contribution in [0.4, 0.5) is 0 Å². The van der Waals surface area contributed by atoms with Gasteiger partial charge in [-0.25, -0.2) is 4.79 Å². The Morgan fingerprint density at radius 1 is 1.27 bits per heavy atom. The van der Waals surface area contributed by atoms with Crippen molar-refractivity contribution in [3.8, 4) is 5.69 Å². The number of nitrogens with zero attached hydrogens (tertiary/aromatic N) is 3. The summed E-state index contributed by atoms with van der Waals surface area (Å²) < 4.78 is 1.63. The molecule has 40 heavy (non-hydrogen) atoms. The van der Waals surface area contributed by atoms with E-state index in [1.807, 2.05) is 25.3 Å². The van der Waals surface area contributed by atoms with Crippen LogP contribution in [-0.2, 0) is 0 Å². The average Bonchev–Trinajstić information content (AvgIpc) is 3.50. The molecule has 0 unspecified atom stereocenters. The third-order valence-corrected chi connectivity index (χ3v) is 8.96. The van der Waals surface area contributed by atoms with E-state index in [4.69, 9.17) is 22.6 Å². The van der Waals surface area contributed by atoms with Gasteiger partial charge in [0.05, 0.1) is 11.7 Å². The summed E-state index contributed by atoms with van der Waals surface area (Å²) in [6.45, 7) is 3.86. The monoisotopic (exact) mass is 565 g/mol. The molecule has 0 aliphatic carbocycles. The summed E-state index contributed by atoms with van der Waals surface area (Å²) in [4.78, 5) is 23.2. The predicted octanol–water partition coefficient (Wildman–Crippen LogP) is 3.12. The van der Waals surface area contributed by atoms with E-state index in [-0.39, 0.29) is 35.0 Å². The lowest BCUT2D eigenvalue weighted by Gasteiger charge is -2.31. The van der Waals surface area contributed by atoms with Crippen molar-refractivity contribution < 1.29 is 0 Å². The van der Waals surface area contributed by atoms with Crippen molar-refractivity contribution in [2.24, 2.45) is 17.2 Å². The van der Waals surface area contributed by atoms with Gasteiger partial charge in [0, 0.05) is 53.7 Å². The SMILES string of the molecule is C[C@@H](N)CCCN1C[C@H](N)C[C@H]1c1cc2cn(-c3ccc([C@@H]4CCC[C@@H](CCSC(=N)N)N4)cc3)c(=O)nc2[nH]1. The van der Waals surface area contributed by atoms with E-state index in [9.17, 15) is 4.79 Å². The standard InChI is InChI=1S/C29H43N9OS/c1-18(30)4-3-12-37-17-21(31)15-26(37)25-14-20-16-38(29(39)36-27(20)35-25)23-9-7-19(8-10-23)24-6-2-5-22(34-24)11-13-40-28(32)33/h7-10,14,16,18,21-22,24,26,34H,2-6,11-13,15,17,30-31H2,1H3,(H3,32,33)(H,35,36,39)/t18-,21-,22+,24+,26+/m1/s1. The van der Waals surface area contributed by atoms with E-state index in [1.54, 1.807) is 4.57 Å². The number of aromatic nitrogens is 3. The van der Waals surface area contributed by atoms with Gasteiger partial charge in [0.1, 0.15) is 5.65 Å². The maximum absolute atomic E-state index is 13.0. The van der Waals surface area contributed by atoms with E-state index in [1.165, 1.54) is 23.7 Å². The molecule has 2 aliphatic heterocycles. The minimum Gasteiger partial charge on any atom is -0.379 e. The summed E-state index contributed by atoms with van der Waals surface area (Å²) in [5.74, 6) is 0.858. The van der Waals surface area contributed by atoms with Crippen molar-refractivity contribution in [3.63, 3.8) is 0 Å². The van der Waals surface area contributed by atoms with Crippen molar-refractivity contribution in [1.29, 1.82) is 5.41 Å². The molecule has 0 bridgehead atoms. The Balaban J connectivity index is 1.29. The Kier molecular flexibility index (Phi) is 9.27. The fraction of sp³-hybridized carbons (Fsp3) is 0.552. The number of fused-ring (bicyclic) bond motifs is 1. The molecule has 1 aromatic carbocycles. The van der Waals surface area contributed by atoms with Crippen molar-refractivity contribution in [1.82, 2.24) is 24.8 Å². The third kappa shape index (κ3) is 6.95. The van der Waals surface area contributed by atoms with Gasteiger partial charge in [-0.1, -0.05) is 30.3 Å². The van der Waals surface area contributed by atoms with Crippen LogP contribution in [0.1, 0.15) is 75.2 Å². The second-order valence-electron chi connectivity index (χ2n) is 11.5. The van der Waals surface area contributed by atoms with Gasteiger partial charge in [-0.15, -0.1) is 0 Å². The van der Waals surface area contributed by atoms with Gasteiger partial charge in [0.15, 0.2) is 5.17 Å². The number of likely N-dealkylation sites (tertiary alicyclic amines) is 1. The van der Waals surface area contributed by atoms with Crippen LogP contribution >= 0.6 is 11.8 Å². The van der Waals surface area contributed by atoms with E-state index in [2.05, 4.69) is 38.4 Å². The van der Waals surface area contributed by atoms with Crippen molar-refractivity contribution in [2.45, 2.75) is 82.1 Å². The first-order valence-corrected chi connectivity index (χ1v) is 15.5. The van der Waals surface area contributed by atoms with Crippen LogP contribution in [0.15, 0.2) is 41.3 Å². The Hall–Kier alpha value is -2.70. The number of H-pyrrole nitrogens is 1. The fourth-order valence-electron chi connectivity index (χ4n) is 6.19. The van der Waals surface area contributed by atoms with Crippen LogP contribution in [0.5, 0.6) is 0 Å². The van der Waals surface area contributed by atoms with E-state index in [0.29, 0.717) is 11.7 Å². The molecule has 2 saturated heterocycles. The number of aromatic amines is 1. The van der Waals surface area contributed by atoms with Crippen molar-refractivity contribution in [2.75, 3.05) is 18.8 Å². The second-order valence-corrected chi connectivity index (χ2v) is 12.6. The lowest BCUT2D eigenvalue weighted by Crippen LogP contribution is -2.37. The number of amidine groups is 1. The van der Waals surface area contributed by atoms with Gasteiger partial charge in [-0.2, -0.15) is 4.98 Å². The predicted molar refractivity (Wildman–Crippen MR) is 164 cm³/mol. The number of benzene rings is 1. The van der Waals surface area contributed by atoms with Crippen LogP contribution in [0, 0.1) is 5.41 Å². The molecule has 0 saturated carbocycles. The smallest absolute Gasteiger partial charge is 0.354 e. The Bertz CT molecular complexity index is 1350. The molecule has 5 rings (SSSR count). The Morgan fingerprint density at radius 3 is 2.83 bits per heavy atom. The summed E-state index contributed by atoms with van der Waals surface area (Å²) in [5.41, 5.74) is 21.2. The maximum Gasteiger partial charge on any atom is 0.354 e. The largest absolute Gasteiger partial charge is 0.379 e. The summed E-state index contributed by atoms with van der Waals surface area (Å²) in [6, 6.07) is 11.6. The highest BCUT2D eigenvalue weighted by molar-refractivity contribution is 8.13. The third-order valence-electron chi connectivity index (χ3n) is 8.21. The molecule has 2 aromatic heterocycles. The number of thioether (sulfide) groups is 1. The highest BCUT2D eigenvalue weighted by Crippen LogP contribution is 2.33. The zero-order valence-electron chi connectivity index (χ0n) is 23.3. The van der Waals surface area contributed by atoms with Gasteiger partial charge in [-0.05, 0) is 75.8 Å². The number of hydrogen-bond donors (Lipinski definition) is 6. The molecule has 10 nitrogen and oxygen atoms in total. The summed E-state index contributed by atoms with van der Waals surface area (Å²) in [5, 5.41) is 12.3. The summed E-state index contributed by atoms with van der Waals surface area (Å²) in [6.07, 6.45) is 9.18. The molecule has 2 fully saturated rings. The van der Waals surface area contributed by atoms with Gasteiger partial charge in [0.2, 0.25) is 0 Å². The molecule has 216 valence electrons. The van der Waals surface area contributed by atoms with Gasteiger partial charge < -0.3 is 27.5 Å². The van der Waals surface area contributed by atoms with Crippen molar-refractivity contribution in [3.05, 3.63) is 58.3 Å². The van der Waals surface area contributed by atoms with E-state index in [0.717, 1.165) is 74.1 Å². The molecule has 9 N–H and O–H groups in total. The van der Waals surface area contributed by atoms with Crippen LogP contribution in [0.3, 0.4) is 0 Å². The van der Waals surface area contributed by atoms with Gasteiger partial charge in [-0.3, -0.25) is 14.9 Å². The lowest BCUT2D eigenvalue weighted by atomic mass is 9.92. The molecule has 2 aliphatic rings. The topological polar surface area (TPSA) is 168 Å². The first-order valence-electron chi connectivity index (χ1n) is 14.5. The molecular formula is C29H43N9OS. The number of piperidine rings is 1. The van der Waals surface area contributed by atoms with E-state index >= 15 is 0 Å². The van der Waals surface area contributed by atoms with Gasteiger partial charge in [0.25, 0.3) is 0 Å². The lowest BCUT2D eigenvalue weighted by molar-refractivity contribution is 0.246. The van der Waals surface area contributed by atoms with E-state index < -0.39 is 0 Å².